The molecule has 0 saturated heterocycles. The third-order valence-corrected chi connectivity index (χ3v) is 4.25. The van der Waals surface area contributed by atoms with E-state index in [1.165, 1.54) is 5.56 Å². The fourth-order valence-electron chi connectivity index (χ4n) is 2.70. The maximum absolute atomic E-state index is 12.2. The highest BCUT2D eigenvalue weighted by atomic mass is 16.5. The lowest BCUT2D eigenvalue weighted by atomic mass is 10.0. The Kier molecular flexibility index (Phi) is 5.37. The molecular weight excluding hydrogens is 328 g/mol. The number of ether oxygens (including phenoxy) is 1. The van der Waals surface area contributed by atoms with Gasteiger partial charge in [-0.2, -0.15) is 0 Å². The fraction of sp³-hybridized carbons (Fsp3) is 0.238. The van der Waals surface area contributed by atoms with Crippen LogP contribution in [0.15, 0.2) is 59.4 Å². The normalized spacial score (nSPS) is 10.9. The summed E-state index contributed by atoms with van der Waals surface area (Å²) < 4.78 is 5.17. The van der Waals surface area contributed by atoms with Crippen LogP contribution < -0.4 is 10.9 Å². The van der Waals surface area contributed by atoms with Crippen molar-refractivity contribution in [3.8, 4) is 0 Å². The first-order chi connectivity index (χ1) is 12.5. The maximum Gasteiger partial charge on any atom is 0.407 e. The number of H-pyrrole nitrogens is 1. The smallest absolute Gasteiger partial charge is 0.407 e. The molecule has 0 fully saturated rings. The van der Waals surface area contributed by atoms with Crippen molar-refractivity contribution in [2.45, 2.75) is 32.9 Å². The minimum Gasteiger partial charge on any atom is -0.445 e. The number of hydrogen-bond acceptors (Lipinski definition) is 3. The number of fused-ring (bicyclic) bond motifs is 1. The molecule has 0 saturated carbocycles. The summed E-state index contributed by atoms with van der Waals surface area (Å²) in [6, 6.07) is 17.2. The molecule has 3 rings (SSSR count). The highest BCUT2D eigenvalue weighted by molar-refractivity contribution is 5.80. The van der Waals surface area contributed by atoms with Gasteiger partial charge in [-0.1, -0.05) is 50.2 Å². The van der Waals surface area contributed by atoms with E-state index in [0.717, 1.165) is 16.5 Å². The van der Waals surface area contributed by atoms with Gasteiger partial charge in [-0.15, -0.1) is 0 Å². The standard InChI is InChI=1S/C21H22N2O3/c1-14(2)16-8-9-19-17(10-16)11-18(20(24)23-19)12-22-21(25)26-13-15-6-4-3-5-7-15/h3-11,14H,12-13H2,1-2H3,(H,22,25)(H,23,24). The second kappa shape index (κ2) is 7.87. The molecule has 0 aliphatic rings. The summed E-state index contributed by atoms with van der Waals surface area (Å²) in [5.74, 6) is 0.404. The third kappa shape index (κ3) is 4.30. The van der Waals surface area contributed by atoms with E-state index in [1.807, 2.05) is 48.5 Å². The van der Waals surface area contributed by atoms with E-state index in [4.69, 9.17) is 4.74 Å². The summed E-state index contributed by atoms with van der Waals surface area (Å²) in [5.41, 5.74) is 3.18. The summed E-state index contributed by atoms with van der Waals surface area (Å²) in [4.78, 5) is 26.9. The van der Waals surface area contributed by atoms with Gasteiger partial charge in [0.05, 0.1) is 6.54 Å². The first-order valence-corrected chi connectivity index (χ1v) is 8.63. The molecule has 1 amide bonds. The van der Waals surface area contributed by atoms with Gasteiger partial charge in [-0.25, -0.2) is 4.79 Å². The van der Waals surface area contributed by atoms with Crippen LogP contribution >= 0.6 is 0 Å². The molecule has 0 aliphatic carbocycles. The van der Waals surface area contributed by atoms with Crippen LogP contribution in [-0.2, 0) is 17.9 Å². The molecule has 26 heavy (non-hydrogen) atoms. The van der Waals surface area contributed by atoms with Gasteiger partial charge in [0.25, 0.3) is 5.56 Å². The van der Waals surface area contributed by atoms with Gasteiger partial charge in [-0.05, 0) is 40.6 Å². The lowest BCUT2D eigenvalue weighted by molar-refractivity contribution is 0.139. The molecule has 0 radical (unpaired) electrons. The van der Waals surface area contributed by atoms with E-state index in [1.54, 1.807) is 0 Å². The number of aromatic amines is 1. The van der Waals surface area contributed by atoms with E-state index in [9.17, 15) is 9.59 Å². The monoisotopic (exact) mass is 350 g/mol. The summed E-state index contributed by atoms with van der Waals surface area (Å²) in [6.45, 7) is 4.55. The van der Waals surface area contributed by atoms with E-state index in [-0.39, 0.29) is 18.7 Å². The Hall–Kier alpha value is -3.08. The van der Waals surface area contributed by atoms with Crippen LogP contribution in [0.1, 0.15) is 36.5 Å². The van der Waals surface area contributed by atoms with Gasteiger partial charge < -0.3 is 15.0 Å². The van der Waals surface area contributed by atoms with E-state index >= 15 is 0 Å². The molecule has 134 valence electrons. The SMILES string of the molecule is CC(C)c1ccc2[nH]c(=O)c(CNC(=O)OCc3ccccc3)cc2c1. The van der Waals surface area contributed by atoms with Crippen LogP contribution in [0.4, 0.5) is 4.79 Å². The average Bonchev–Trinajstić information content (AvgIpc) is 2.65. The third-order valence-electron chi connectivity index (χ3n) is 4.25. The van der Waals surface area contributed by atoms with Crippen molar-refractivity contribution in [3.05, 3.63) is 81.6 Å². The van der Waals surface area contributed by atoms with Gasteiger partial charge in [-0.3, -0.25) is 4.79 Å². The second-order valence-corrected chi connectivity index (χ2v) is 6.54. The Morgan fingerprint density at radius 2 is 1.88 bits per heavy atom. The second-order valence-electron chi connectivity index (χ2n) is 6.54. The Morgan fingerprint density at radius 1 is 1.12 bits per heavy atom. The molecule has 5 heteroatoms. The lowest BCUT2D eigenvalue weighted by Gasteiger charge is -2.09. The minimum atomic E-state index is -0.552. The number of hydrogen-bond donors (Lipinski definition) is 2. The number of nitrogens with one attached hydrogen (secondary N) is 2. The molecular formula is C21H22N2O3. The number of benzene rings is 2. The largest absolute Gasteiger partial charge is 0.445 e. The number of pyridine rings is 1. The van der Waals surface area contributed by atoms with Gasteiger partial charge >= 0.3 is 6.09 Å². The Balaban J connectivity index is 1.67. The number of rotatable bonds is 5. The van der Waals surface area contributed by atoms with Crippen LogP contribution in [0.2, 0.25) is 0 Å². The van der Waals surface area contributed by atoms with Gasteiger partial charge in [0, 0.05) is 11.1 Å². The number of carbonyl (C=O) groups is 1. The van der Waals surface area contributed by atoms with Crippen molar-refractivity contribution in [1.29, 1.82) is 0 Å². The highest BCUT2D eigenvalue weighted by Gasteiger charge is 2.08. The number of alkyl carbamates (subject to hydrolysis) is 1. The van der Waals surface area contributed by atoms with Crippen LogP contribution in [0.25, 0.3) is 10.9 Å². The lowest BCUT2D eigenvalue weighted by Crippen LogP contribution is -2.27. The van der Waals surface area contributed by atoms with Crippen LogP contribution in [0.5, 0.6) is 0 Å². The van der Waals surface area contributed by atoms with E-state index in [2.05, 4.69) is 30.2 Å². The number of aromatic nitrogens is 1. The van der Waals surface area contributed by atoms with Gasteiger partial charge in [0.2, 0.25) is 0 Å². The van der Waals surface area contributed by atoms with Gasteiger partial charge in [0.1, 0.15) is 6.61 Å². The van der Waals surface area contributed by atoms with Crippen LogP contribution in [-0.4, -0.2) is 11.1 Å². The highest BCUT2D eigenvalue weighted by Crippen LogP contribution is 2.20. The fourth-order valence-corrected chi connectivity index (χ4v) is 2.70. The van der Waals surface area contributed by atoms with Crippen molar-refractivity contribution in [1.82, 2.24) is 10.3 Å². The molecule has 5 nitrogen and oxygen atoms in total. The van der Waals surface area contributed by atoms with Crippen molar-refractivity contribution >= 4 is 17.0 Å². The zero-order valence-electron chi connectivity index (χ0n) is 14.9. The van der Waals surface area contributed by atoms with Crippen molar-refractivity contribution in [3.63, 3.8) is 0 Å². The predicted octanol–water partition coefficient (Wildman–Crippen LogP) is 4.08. The van der Waals surface area contributed by atoms with Crippen LogP contribution in [0, 0.1) is 0 Å². The topological polar surface area (TPSA) is 71.2 Å². The van der Waals surface area contributed by atoms with Gasteiger partial charge in [0.15, 0.2) is 0 Å². The molecule has 1 heterocycles. The van der Waals surface area contributed by atoms with Crippen molar-refractivity contribution in [2.75, 3.05) is 0 Å². The van der Waals surface area contributed by atoms with E-state index < -0.39 is 6.09 Å². The van der Waals surface area contributed by atoms with E-state index in [0.29, 0.717) is 11.5 Å². The van der Waals surface area contributed by atoms with Crippen molar-refractivity contribution in [2.24, 2.45) is 0 Å². The molecule has 3 aromatic rings. The first-order valence-electron chi connectivity index (χ1n) is 8.63. The zero-order valence-corrected chi connectivity index (χ0v) is 14.9. The molecule has 0 atom stereocenters. The predicted molar refractivity (Wildman–Crippen MR) is 102 cm³/mol. The molecule has 1 aromatic heterocycles. The summed E-state index contributed by atoms with van der Waals surface area (Å²) in [5, 5.41) is 3.58. The molecule has 0 spiro atoms. The average molecular weight is 350 g/mol. The Morgan fingerprint density at radius 3 is 2.62 bits per heavy atom. The maximum atomic E-state index is 12.2. The number of amides is 1. The Labute approximate surface area is 152 Å². The zero-order chi connectivity index (χ0) is 18.5. The molecule has 2 aromatic carbocycles. The first kappa shape index (κ1) is 17.7. The summed E-state index contributed by atoms with van der Waals surface area (Å²) in [6.07, 6.45) is -0.552. The summed E-state index contributed by atoms with van der Waals surface area (Å²) in [7, 11) is 0. The van der Waals surface area contributed by atoms with Crippen LogP contribution in [0.3, 0.4) is 0 Å². The summed E-state index contributed by atoms with van der Waals surface area (Å²) >= 11 is 0. The molecule has 0 unspecified atom stereocenters. The molecule has 0 bridgehead atoms. The van der Waals surface area contributed by atoms with Crippen molar-refractivity contribution < 1.29 is 9.53 Å². The Bertz CT molecular complexity index is 962. The number of carbonyl (C=O) groups excluding carboxylic acids is 1. The quantitative estimate of drug-likeness (QED) is 0.728. The minimum absolute atomic E-state index is 0.116. The molecule has 0 aliphatic heterocycles. The molecule has 2 N–H and O–H groups in total.